The molecule has 14 heavy (non-hydrogen) atoms. The van der Waals surface area contributed by atoms with Crippen LogP contribution in [0, 0.1) is 5.92 Å². The molecule has 0 aromatic heterocycles. The van der Waals surface area contributed by atoms with Gasteiger partial charge >= 0.3 is 0 Å². The molecule has 0 radical (unpaired) electrons. The summed E-state index contributed by atoms with van der Waals surface area (Å²) in [6.07, 6.45) is 1.15. The van der Waals surface area contributed by atoms with Crippen molar-refractivity contribution in [3.8, 4) is 0 Å². The van der Waals surface area contributed by atoms with Crippen molar-refractivity contribution in [2.75, 3.05) is 33.4 Å². The molecule has 0 aliphatic carbocycles. The van der Waals surface area contributed by atoms with Crippen LogP contribution in [0.2, 0.25) is 0 Å². The molecule has 0 bridgehead atoms. The van der Waals surface area contributed by atoms with Crippen LogP contribution in [-0.4, -0.2) is 44.3 Å². The van der Waals surface area contributed by atoms with E-state index in [1.165, 1.54) is 0 Å². The number of nitrogens with zero attached hydrogens (tertiary/aromatic N) is 1. The van der Waals surface area contributed by atoms with E-state index >= 15 is 0 Å². The van der Waals surface area contributed by atoms with Crippen LogP contribution in [0.3, 0.4) is 0 Å². The minimum Gasteiger partial charge on any atom is -0.380 e. The van der Waals surface area contributed by atoms with Crippen LogP contribution in [0.5, 0.6) is 0 Å². The fourth-order valence-electron chi connectivity index (χ4n) is 1.30. The van der Waals surface area contributed by atoms with Gasteiger partial charge < -0.3 is 15.4 Å². The SMILES string of the molecule is CCOCCN(C)CC(N)C(C)CC. The standard InChI is InChI=1S/C11H26N2O/c1-5-10(3)11(12)9-13(4)7-8-14-6-2/h10-11H,5-9,12H2,1-4H3. The molecule has 86 valence electrons. The summed E-state index contributed by atoms with van der Waals surface area (Å²) in [5, 5.41) is 0. The third-order valence-electron chi connectivity index (χ3n) is 2.72. The number of hydrogen-bond acceptors (Lipinski definition) is 3. The summed E-state index contributed by atoms with van der Waals surface area (Å²) in [5.74, 6) is 0.601. The van der Waals surface area contributed by atoms with E-state index in [1.54, 1.807) is 0 Å². The van der Waals surface area contributed by atoms with Gasteiger partial charge in [-0.3, -0.25) is 0 Å². The molecule has 0 fully saturated rings. The van der Waals surface area contributed by atoms with Gasteiger partial charge in [0.2, 0.25) is 0 Å². The molecule has 3 heteroatoms. The van der Waals surface area contributed by atoms with Crippen LogP contribution >= 0.6 is 0 Å². The molecule has 2 atom stereocenters. The first kappa shape index (κ1) is 13.9. The number of hydrogen-bond donors (Lipinski definition) is 1. The van der Waals surface area contributed by atoms with E-state index < -0.39 is 0 Å². The number of rotatable bonds is 8. The summed E-state index contributed by atoms with van der Waals surface area (Å²) in [7, 11) is 2.10. The maximum absolute atomic E-state index is 6.05. The summed E-state index contributed by atoms with van der Waals surface area (Å²) < 4.78 is 5.29. The van der Waals surface area contributed by atoms with Crippen LogP contribution in [-0.2, 0) is 4.74 Å². The Morgan fingerprint density at radius 3 is 2.50 bits per heavy atom. The summed E-state index contributed by atoms with van der Waals surface area (Å²) in [4.78, 5) is 2.24. The highest BCUT2D eigenvalue weighted by molar-refractivity contribution is 4.71. The maximum atomic E-state index is 6.05. The van der Waals surface area contributed by atoms with E-state index in [1.807, 2.05) is 6.92 Å². The van der Waals surface area contributed by atoms with E-state index in [-0.39, 0.29) is 6.04 Å². The molecular weight excluding hydrogens is 176 g/mol. The van der Waals surface area contributed by atoms with Crippen molar-refractivity contribution in [2.45, 2.75) is 33.2 Å². The van der Waals surface area contributed by atoms with Gasteiger partial charge in [-0.05, 0) is 19.9 Å². The fraction of sp³-hybridized carbons (Fsp3) is 1.00. The zero-order valence-corrected chi connectivity index (χ0v) is 10.1. The van der Waals surface area contributed by atoms with Crippen molar-refractivity contribution in [3.63, 3.8) is 0 Å². The fourth-order valence-corrected chi connectivity index (χ4v) is 1.30. The van der Waals surface area contributed by atoms with Crippen molar-refractivity contribution in [3.05, 3.63) is 0 Å². The molecule has 2 N–H and O–H groups in total. The van der Waals surface area contributed by atoms with Gasteiger partial charge in [0.15, 0.2) is 0 Å². The highest BCUT2D eigenvalue weighted by Crippen LogP contribution is 2.05. The predicted molar refractivity (Wildman–Crippen MR) is 61.4 cm³/mol. The summed E-state index contributed by atoms with van der Waals surface area (Å²) in [6, 6.07) is 0.284. The van der Waals surface area contributed by atoms with E-state index in [0.717, 1.165) is 32.7 Å². The molecule has 0 saturated carbocycles. The van der Waals surface area contributed by atoms with Crippen molar-refractivity contribution in [1.82, 2.24) is 4.90 Å². The summed E-state index contributed by atoms with van der Waals surface area (Å²) in [5.41, 5.74) is 6.05. The molecule has 0 amide bonds. The normalized spacial score (nSPS) is 15.9. The Kier molecular flexibility index (Phi) is 8.14. The lowest BCUT2D eigenvalue weighted by molar-refractivity contribution is 0.118. The Morgan fingerprint density at radius 2 is 2.00 bits per heavy atom. The van der Waals surface area contributed by atoms with Crippen molar-refractivity contribution < 1.29 is 4.74 Å². The van der Waals surface area contributed by atoms with E-state index in [2.05, 4.69) is 25.8 Å². The Labute approximate surface area is 88.6 Å². The molecule has 0 saturated heterocycles. The van der Waals surface area contributed by atoms with Crippen molar-refractivity contribution in [1.29, 1.82) is 0 Å². The quantitative estimate of drug-likeness (QED) is 0.603. The van der Waals surface area contributed by atoms with Crippen LogP contribution < -0.4 is 5.73 Å². The second-order valence-electron chi connectivity index (χ2n) is 4.01. The largest absolute Gasteiger partial charge is 0.380 e. The van der Waals surface area contributed by atoms with Crippen LogP contribution in [0.1, 0.15) is 27.2 Å². The first-order valence-electron chi connectivity index (χ1n) is 5.63. The third-order valence-corrected chi connectivity index (χ3v) is 2.72. The molecular formula is C11H26N2O. The molecule has 0 aliphatic heterocycles. The Morgan fingerprint density at radius 1 is 1.36 bits per heavy atom. The van der Waals surface area contributed by atoms with Gasteiger partial charge in [-0.15, -0.1) is 0 Å². The minimum absolute atomic E-state index is 0.284. The summed E-state index contributed by atoms with van der Waals surface area (Å²) >= 11 is 0. The monoisotopic (exact) mass is 202 g/mol. The lowest BCUT2D eigenvalue weighted by Gasteiger charge is -2.24. The lowest BCUT2D eigenvalue weighted by atomic mass is 10.00. The maximum Gasteiger partial charge on any atom is 0.0593 e. The van der Waals surface area contributed by atoms with Gasteiger partial charge in [-0.25, -0.2) is 0 Å². The average molecular weight is 202 g/mol. The van der Waals surface area contributed by atoms with E-state index in [0.29, 0.717) is 5.92 Å². The Hall–Kier alpha value is -0.120. The molecule has 0 aromatic rings. The van der Waals surface area contributed by atoms with Gasteiger partial charge in [0.25, 0.3) is 0 Å². The van der Waals surface area contributed by atoms with Crippen molar-refractivity contribution in [2.24, 2.45) is 11.7 Å². The van der Waals surface area contributed by atoms with Gasteiger partial charge in [0.05, 0.1) is 6.61 Å². The molecule has 3 nitrogen and oxygen atoms in total. The topological polar surface area (TPSA) is 38.5 Å². The van der Waals surface area contributed by atoms with Crippen molar-refractivity contribution >= 4 is 0 Å². The Balaban J connectivity index is 3.54. The molecule has 0 aliphatic rings. The van der Waals surface area contributed by atoms with E-state index in [9.17, 15) is 0 Å². The second kappa shape index (κ2) is 8.21. The van der Waals surface area contributed by atoms with Gasteiger partial charge in [0.1, 0.15) is 0 Å². The first-order valence-corrected chi connectivity index (χ1v) is 5.63. The molecule has 2 unspecified atom stereocenters. The second-order valence-corrected chi connectivity index (χ2v) is 4.01. The molecule has 0 rings (SSSR count). The average Bonchev–Trinajstić information content (AvgIpc) is 2.16. The highest BCUT2D eigenvalue weighted by Gasteiger charge is 2.12. The smallest absolute Gasteiger partial charge is 0.0593 e. The van der Waals surface area contributed by atoms with Gasteiger partial charge in [0, 0.05) is 25.7 Å². The Bertz CT molecular complexity index is 130. The van der Waals surface area contributed by atoms with Crippen LogP contribution in [0.4, 0.5) is 0 Å². The minimum atomic E-state index is 0.284. The van der Waals surface area contributed by atoms with E-state index in [4.69, 9.17) is 10.5 Å². The zero-order chi connectivity index (χ0) is 11.0. The van der Waals surface area contributed by atoms with Gasteiger partial charge in [-0.1, -0.05) is 20.3 Å². The van der Waals surface area contributed by atoms with Crippen LogP contribution in [0.25, 0.3) is 0 Å². The number of nitrogens with two attached hydrogens (primary N) is 1. The summed E-state index contributed by atoms with van der Waals surface area (Å²) in [6.45, 7) is 9.95. The third kappa shape index (κ3) is 6.35. The van der Waals surface area contributed by atoms with Crippen LogP contribution in [0.15, 0.2) is 0 Å². The predicted octanol–water partition coefficient (Wildman–Crippen LogP) is 1.33. The first-order chi connectivity index (χ1) is 6.61. The number of ether oxygens (including phenoxy) is 1. The molecule has 0 aromatic carbocycles. The molecule has 0 spiro atoms. The number of likely N-dealkylation sites (N-methyl/N-ethyl adjacent to an activating group) is 1. The zero-order valence-electron chi connectivity index (χ0n) is 10.1. The highest BCUT2D eigenvalue weighted by atomic mass is 16.5. The molecule has 0 heterocycles. The van der Waals surface area contributed by atoms with Gasteiger partial charge in [-0.2, -0.15) is 0 Å². The lowest BCUT2D eigenvalue weighted by Crippen LogP contribution is -2.40.